The second-order valence-electron chi connectivity index (χ2n) is 5.55. The van der Waals surface area contributed by atoms with Gasteiger partial charge in [0.15, 0.2) is 0 Å². The van der Waals surface area contributed by atoms with Crippen LogP contribution >= 0.6 is 0 Å². The van der Waals surface area contributed by atoms with E-state index >= 15 is 0 Å². The third-order valence-corrected chi connectivity index (χ3v) is 3.25. The molecule has 5 nitrogen and oxygen atoms in total. The van der Waals surface area contributed by atoms with Gasteiger partial charge in [-0.15, -0.1) is 0 Å². The summed E-state index contributed by atoms with van der Waals surface area (Å²) in [5.74, 6) is 0.706. The Hall–Kier alpha value is -1.46. The van der Waals surface area contributed by atoms with Crippen molar-refractivity contribution < 1.29 is 14.6 Å². The first kappa shape index (κ1) is 14.9. The summed E-state index contributed by atoms with van der Waals surface area (Å²) in [7, 11) is 0. The third-order valence-electron chi connectivity index (χ3n) is 3.25. The Labute approximate surface area is 120 Å². The number of ether oxygens (including phenoxy) is 2. The predicted molar refractivity (Wildman–Crippen MR) is 80.3 cm³/mol. The molecule has 2 unspecified atom stereocenters. The molecule has 1 fully saturated rings. The van der Waals surface area contributed by atoms with Crippen LogP contribution in [0.3, 0.4) is 0 Å². The van der Waals surface area contributed by atoms with Crippen molar-refractivity contribution >= 4 is 11.4 Å². The average Bonchev–Trinajstić information content (AvgIpc) is 2.40. The molecule has 3 N–H and O–H groups in total. The highest BCUT2D eigenvalue weighted by molar-refractivity contribution is 5.62. The molecule has 20 heavy (non-hydrogen) atoms. The molecule has 1 aliphatic rings. The molecular weight excluding hydrogens is 256 g/mol. The predicted octanol–water partition coefficient (Wildman–Crippen LogP) is 1.64. The second kappa shape index (κ2) is 6.33. The first-order valence-corrected chi connectivity index (χ1v) is 7.07. The van der Waals surface area contributed by atoms with Crippen molar-refractivity contribution in [2.75, 3.05) is 30.3 Å². The zero-order valence-corrected chi connectivity index (χ0v) is 12.4. The SMILES string of the molecule is CC(C)Oc1cc(N2CC(C)OC(CO)C2)ccc1N. The molecule has 1 aromatic rings. The first-order valence-electron chi connectivity index (χ1n) is 7.07. The van der Waals surface area contributed by atoms with E-state index in [2.05, 4.69) is 4.90 Å². The van der Waals surface area contributed by atoms with Gasteiger partial charge in [-0.05, 0) is 32.9 Å². The quantitative estimate of drug-likeness (QED) is 0.821. The lowest BCUT2D eigenvalue weighted by atomic mass is 10.1. The van der Waals surface area contributed by atoms with Gasteiger partial charge in [-0.1, -0.05) is 0 Å². The van der Waals surface area contributed by atoms with E-state index in [0.29, 0.717) is 18.0 Å². The maximum atomic E-state index is 9.29. The van der Waals surface area contributed by atoms with Crippen molar-refractivity contribution in [1.29, 1.82) is 0 Å². The van der Waals surface area contributed by atoms with Crippen molar-refractivity contribution in [2.45, 2.75) is 39.1 Å². The van der Waals surface area contributed by atoms with Gasteiger partial charge in [-0.25, -0.2) is 0 Å². The van der Waals surface area contributed by atoms with Crippen molar-refractivity contribution in [1.82, 2.24) is 0 Å². The van der Waals surface area contributed by atoms with Gasteiger partial charge < -0.3 is 25.2 Å². The Morgan fingerprint density at radius 1 is 1.45 bits per heavy atom. The highest BCUT2D eigenvalue weighted by Crippen LogP contribution is 2.30. The Kier molecular flexibility index (Phi) is 4.73. The summed E-state index contributed by atoms with van der Waals surface area (Å²) in [6.07, 6.45) is 0.0278. The van der Waals surface area contributed by atoms with Gasteiger partial charge >= 0.3 is 0 Å². The van der Waals surface area contributed by atoms with Crippen molar-refractivity contribution in [3.05, 3.63) is 18.2 Å². The molecule has 1 heterocycles. The highest BCUT2D eigenvalue weighted by Gasteiger charge is 2.25. The zero-order valence-electron chi connectivity index (χ0n) is 12.4. The number of nitrogens with two attached hydrogens (primary N) is 1. The summed E-state index contributed by atoms with van der Waals surface area (Å²) in [6, 6.07) is 5.80. The van der Waals surface area contributed by atoms with Crippen LogP contribution in [0.4, 0.5) is 11.4 Å². The molecule has 1 saturated heterocycles. The van der Waals surface area contributed by atoms with Crippen molar-refractivity contribution in [3.8, 4) is 5.75 Å². The minimum absolute atomic E-state index is 0.0329. The van der Waals surface area contributed by atoms with Crippen LogP contribution in [0.15, 0.2) is 18.2 Å². The summed E-state index contributed by atoms with van der Waals surface area (Å²) in [5.41, 5.74) is 7.63. The molecule has 0 saturated carbocycles. The number of morpholine rings is 1. The smallest absolute Gasteiger partial charge is 0.144 e. The molecular formula is C15H24N2O3. The Bertz CT molecular complexity index is 451. The summed E-state index contributed by atoms with van der Waals surface area (Å²) >= 11 is 0. The molecule has 0 amide bonds. The molecule has 0 aliphatic carbocycles. The Morgan fingerprint density at radius 3 is 2.85 bits per heavy atom. The topological polar surface area (TPSA) is 68.0 Å². The summed E-state index contributed by atoms with van der Waals surface area (Å²) in [6.45, 7) is 7.46. The number of aliphatic hydroxyl groups excluding tert-OH is 1. The molecule has 2 atom stereocenters. The van der Waals surface area contributed by atoms with Crippen LogP contribution in [0.25, 0.3) is 0 Å². The lowest BCUT2D eigenvalue weighted by molar-refractivity contribution is -0.0421. The van der Waals surface area contributed by atoms with Crippen molar-refractivity contribution in [2.24, 2.45) is 0 Å². The van der Waals surface area contributed by atoms with Crippen LogP contribution in [-0.4, -0.2) is 43.1 Å². The zero-order chi connectivity index (χ0) is 14.7. The fourth-order valence-electron chi connectivity index (χ4n) is 2.43. The van der Waals surface area contributed by atoms with Gasteiger partial charge in [0.1, 0.15) is 5.75 Å². The summed E-state index contributed by atoms with van der Waals surface area (Å²) in [5, 5.41) is 9.29. The van der Waals surface area contributed by atoms with Gasteiger partial charge in [0.05, 0.1) is 30.6 Å². The Morgan fingerprint density at radius 2 is 2.20 bits per heavy atom. The fourth-order valence-corrected chi connectivity index (χ4v) is 2.43. The van der Waals surface area contributed by atoms with Gasteiger partial charge in [-0.2, -0.15) is 0 Å². The van der Waals surface area contributed by atoms with E-state index in [1.54, 1.807) is 0 Å². The average molecular weight is 280 g/mol. The highest BCUT2D eigenvalue weighted by atomic mass is 16.5. The number of rotatable bonds is 4. The van der Waals surface area contributed by atoms with Crippen LogP contribution in [-0.2, 0) is 4.74 Å². The molecule has 2 rings (SSSR count). The minimum atomic E-state index is -0.147. The fraction of sp³-hybridized carbons (Fsp3) is 0.600. The summed E-state index contributed by atoms with van der Waals surface area (Å²) < 4.78 is 11.4. The van der Waals surface area contributed by atoms with Gasteiger partial charge in [-0.3, -0.25) is 0 Å². The van der Waals surface area contributed by atoms with Gasteiger partial charge in [0.25, 0.3) is 0 Å². The molecule has 1 aromatic carbocycles. The standard InChI is InChI=1S/C15H24N2O3/c1-10(2)19-15-6-12(4-5-14(15)16)17-7-11(3)20-13(8-17)9-18/h4-6,10-11,13,18H,7-9,16H2,1-3H3. The number of aliphatic hydroxyl groups is 1. The van der Waals surface area contributed by atoms with E-state index in [0.717, 1.165) is 12.2 Å². The minimum Gasteiger partial charge on any atom is -0.489 e. The third kappa shape index (κ3) is 3.55. The van der Waals surface area contributed by atoms with Crippen LogP contribution < -0.4 is 15.4 Å². The maximum absolute atomic E-state index is 9.29. The lowest BCUT2D eigenvalue weighted by Gasteiger charge is -2.37. The maximum Gasteiger partial charge on any atom is 0.144 e. The number of anilines is 2. The van der Waals surface area contributed by atoms with Crippen LogP contribution in [0.2, 0.25) is 0 Å². The normalized spacial score (nSPS) is 23.1. The molecule has 1 aliphatic heterocycles. The Balaban J connectivity index is 2.19. The van der Waals surface area contributed by atoms with Gasteiger partial charge in [0.2, 0.25) is 0 Å². The number of hydrogen-bond donors (Lipinski definition) is 2. The number of nitrogens with zero attached hydrogens (tertiary/aromatic N) is 1. The van der Waals surface area contributed by atoms with Crippen LogP contribution in [0.1, 0.15) is 20.8 Å². The molecule has 0 aromatic heterocycles. The van der Waals surface area contributed by atoms with E-state index in [-0.39, 0.29) is 24.9 Å². The van der Waals surface area contributed by atoms with Crippen LogP contribution in [0, 0.1) is 0 Å². The van der Waals surface area contributed by atoms with Crippen molar-refractivity contribution in [3.63, 3.8) is 0 Å². The second-order valence-corrected chi connectivity index (χ2v) is 5.55. The number of nitrogen functional groups attached to an aromatic ring is 1. The molecule has 112 valence electrons. The largest absolute Gasteiger partial charge is 0.489 e. The first-order chi connectivity index (χ1) is 9.49. The van der Waals surface area contributed by atoms with E-state index in [4.69, 9.17) is 15.2 Å². The summed E-state index contributed by atoms with van der Waals surface area (Å²) in [4.78, 5) is 2.20. The molecule has 5 heteroatoms. The van der Waals surface area contributed by atoms with E-state index in [9.17, 15) is 5.11 Å². The molecule has 0 radical (unpaired) electrons. The number of hydrogen-bond acceptors (Lipinski definition) is 5. The lowest BCUT2D eigenvalue weighted by Crippen LogP contribution is -2.48. The van der Waals surface area contributed by atoms with E-state index < -0.39 is 0 Å². The van der Waals surface area contributed by atoms with E-state index in [1.807, 2.05) is 39.0 Å². The monoisotopic (exact) mass is 280 g/mol. The van der Waals surface area contributed by atoms with Gasteiger partial charge in [0, 0.05) is 24.8 Å². The molecule has 0 spiro atoms. The van der Waals surface area contributed by atoms with Crippen LogP contribution in [0.5, 0.6) is 5.75 Å². The van der Waals surface area contributed by atoms with E-state index in [1.165, 1.54) is 0 Å². The number of benzene rings is 1. The molecule has 0 bridgehead atoms.